The van der Waals surface area contributed by atoms with Crippen molar-refractivity contribution >= 4 is 21.4 Å². The van der Waals surface area contributed by atoms with Crippen molar-refractivity contribution in [3.63, 3.8) is 0 Å². The molecule has 1 aliphatic heterocycles. The maximum atomic E-state index is 11.4. The van der Waals surface area contributed by atoms with Crippen LogP contribution in [0.1, 0.15) is 30.5 Å². The molecule has 1 aromatic heterocycles. The Bertz CT molecular complexity index is 902. The summed E-state index contributed by atoms with van der Waals surface area (Å²) < 4.78 is 28.0. The summed E-state index contributed by atoms with van der Waals surface area (Å²) in [6, 6.07) is 3.71. The molecule has 0 saturated carbocycles. The van der Waals surface area contributed by atoms with Gasteiger partial charge in [0.1, 0.15) is 5.69 Å². The molecular weight excluding hydrogens is 350 g/mol. The predicted molar refractivity (Wildman–Crippen MR) is 87.7 cm³/mol. The number of nitrogens with zero attached hydrogens (tertiary/aromatic N) is 4. The quantitative estimate of drug-likeness (QED) is 0.629. The third-order valence-corrected chi connectivity index (χ3v) is 5.11. The smallest absolute Gasteiger partial charge is 0.293 e. The van der Waals surface area contributed by atoms with Gasteiger partial charge in [0.15, 0.2) is 5.82 Å². The number of sulfonamides is 1. The van der Waals surface area contributed by atoms with Gasteiger partial charge in [0.25, 0.3) is 5.69 Å². The zero-order chi connectivity index (χ0) is 18.2. The minimum atomic E-state index is -4.00. The van der Waals surface area contributed by atoms with Crippen LogP contribution in [-0.4, -0.2) is 36.6 Å². The maximum absolute atomic E-state index is 11.4. The zero-order valence-electron chi connectivity index (χ0n) is 13.5. The van der Waals surface area contributed by atoms with Gasteiger partial charge in [-0.2, -0.15) is 4.98 Å². The Hall–Kier alpha value is -2.53. The van der Waals surface area contributed by atoms with E-state index in [1.165, 1.54) is 12.1 Å². The Morgan fingerprint density at radius 1 is 1.36 bits per heavy atom. The van der Waals surface area contributed by atoms with Crippen LogP contribution in [0.25, 0.3) is 0 Å². The average Bonchev–Trinajstić information content (AvgIpc) is 3.00. The van der Waals surface area contributed by atoms with Crippen LogP contribution in [-0.2, 0) is 10.0 Å². The van der Waals surface area contributed by atoms with Gasteiger partial charge in [-0.1, -0.05) is 5.16 Å². The van der Waals surface area contributed by atoms with E-state index in [0.717, 1.165) is 6.07 Å². The first-order valence-electron chi connectivity index (χ1n) is 7.62. The molecule has 2 N–H and O–H groups in total. The highest BCUT2D eigenvalue weighted by Gasteiger charge is 2.29. The number of rotatable bonds is 4. The van der Waals surface area contributed by atoms with Gasteiger partial charge in [0.2, 0.25) is 15.9 Å². The second kappa shape index (κ2) is 6.41. The summed E-state index contributed by atoms with van der Waals surface area (Å²) in [5.41, 5.74) is 0.0937. The largest absolute Gasteiger partial charge is 0.366 e. The van der Waals surface area contributed by atoms with Crippen LogP contribution in [0.15, 0.2) is 27.6 Å². The first kappa shape index (κ1) is 17.3. The van der Waals surface area contributed by atoms with Crippen LogP contribution in [0.4, 0.5) is 11.4 Å². The van der Waals surface area contributed by atoms with E-state index in [1.807, 2.05) is 4.90 Å². The van der Waals surface area contributed by atoms with E-state index < -0.39 is 14.9 Å². The van der Waals surface area contributed by atoms with Crippen molar-refractivity contribution < 1.29 is 17.9 Å². The molecule has 0 aliphatic carbocycles. The molecule has 1 aromatic carbocycles. The van der Waals surface area contributed by atoms with Crippen molar-refractivity contribution in [3.8, 4) is 0 Å². The molecule has 3 rings (SSSR count). The molecule has 0 amide bonds. The Morgan fingerprint density at radius 3 is 2.56 bits per heavy atom. The lowest BCUT2D eigenvalue weighted by Gasteiger charge is -2.31. The molecule has 1 fully saturated rings. The molecule has 0 spiro atoms. The summed E-state index contributed by atoms with van der Waals surface area (Å²) in [6.45, 7) is 2.86. The van der Waals surface area contributed by atoms with Gasteiger partial charge in [-0.3, -0.25) is 10.1 Å². The molecule has 25 heavy (non-hydrogen) atoms. The van der Waals surface area contributed by atoms with E-state index >= 15 is 0 Å². The van der Waals surface area contributed by atoms with Crippen LogP contribution < -0.4 is 10.0 Å². The predicted octanol–water partition coefficient (Wildman–Crippen LogP) is 1.32. The molecule has 10 nitrogen and oxygen atoms in total. The van der Waals surface area contributed by atoms with E-state index in [-0.39, 0.29) is 16.5 Å². The summed E-state index contributed by atoms with van der Waals surface area (Å²) in [6.07, 6.45) is 1.41. The van der Waals surface area contributed by atoms with Crippen LogP contribution in [0.3, 0.4) is 0 Å². The van der Waals surface area contributed by atoms with E-state index in [4.69, 9.17) is 9.66 Å². The molecule has 1 aliphatic rings. The molecule has 134 valence electrons. The minimum Gasteiger partial charge on any atom is -0.366 e. The fourth-order valence-electron chi connectivity index (χ4n) is 2.94. The standard InChI is InChI=1S/C14H17N5O5S/c1-9-16-14(24-17-9)10-4-6-18(7-5-10)12-3-2-11(25(15,22)23)8-13(12)19(20)21/h2-3,8,10H,4-7H2,1H3,(H2,15,22,23). The highest BCUT2D eigenvalue weighted by molar-refractivity contribution is 7.89. The molecule has 1 saturated heterocycles. The van der Waals surface area contributed by atoms with Gasteiger partial charge in [-0.15, -0.1) is 0 Å². The fourth-order valence-corrected chi connectivity index (χ4v) is 3.47. The number of nitrogens with two attached hydrogens (primary N) is 1. The number of nitro benzene ring substituents is 1. The van der Waals surface area contributed by atoms with Crippen molar-refractivity contribution in [2.75, 3.05) is 18.0 Å². The van der Waals surface area contributed by atoms with E-state index in [2.05, 4.69) is 10.1 Å². The normalized spacial score (nSPS) is 16.2. The average molecular weight is 367 g/mol. The lowest BCUT2D eigenvalue weighted by molar-refractivity contribution is -0.384. The highest BCUT2D eigenvalue weighted by Crippen LogP contribution is 2.35. The van der Waals surface area contributed by atoms with Gasteiger partial charge in [0, 0.05) is 25.1 Å². The van der Waals surface area contributed by atoms with Crippen LogP contribution >= 0.6 is 0 Å². The third kappa shape index (κ3) is 3.61. The lowest BCUT2D eigenvalue weighted by atomic mass is 9.96. The SMILES string of the molecule is Cc1noc(C2CCN(c3ccc(S(N)(=O)=O)cc3[N+](=O)[O-])CC2)n1. The molecule has 2 aromatic rings. The summed E-state index contributed by atoms with van der Waals surface area (Å²) in [5, 5.41) is 20.2. The number of nitro groups is 1. The summed E-state index contributed by atoms with van der Waals surface area (Å²) >= 11 is 0. The second-order valence-electron chi connectivity index (χ2n) is 5.89. The molecule has 0 bridgehead atoms. The first-order chi connectivity index (χ1) is 11.8. The van der Waals surface area contributed by atoms with E-state index in [9.17, 15) is 18.5 Å². The number of benzene rings is 1. The van der Waals surface area contributed by atoms with E-state index in [1.54, 1.807) is 6.92 Å². The molecule has 11 heteroatoms. The summed E-state index contributed by atoms with van der Waals surface area (Å²) in [4.78, 5) is 16.5. The van der Waals surface area contributed by atoms with Crippen molar-refractivity contribution in [2.24, 2.45) is 5.14 Å². The molecule has 0 atom stereocenters. The van der Waals surface area contributed by atoms with E-state index in [0.29, 0.717) is 43.3 Å². The number of anilines is 1. The van der Waals surface area contributed by atoms with Crippen LogP contribution in [0.2, 0.25) is 0 Å². The number of piperidine rings is 1. The Labute approximate surface area is 143 Å². The monoisotopic (exact) mass is 367 g/mol. The van der Waals surface area contributed by atoms with Crippen molar-refractivity contribution in [1.82, 2.24) is 10.1 Å². The molecule has 2 heterocycles. The van der Waals surface area contributed by atoms with Crippen molar-refractivity contribution in [1.29, 1.82) is 0 Å². The van der Waals surface area contributed by atoms with Crippen LogP contribution in [0.5, 0.6) is 0 Å². The fraction of sp³-hybridized carbons (Fsp3) is 0.429. The summed E-state index contributed by atoms with van der Waals surface area (Å²) in [5.74, 6) is 1.27. The third-order valence-electron chi connectivity index (χ3n) is 4.20. The van der Waals surface area contributed by atoms with Gasteiger partial charge in [0.05, 0.1) is 9.82 Å². The van der Waals surface area contributed by atoms with Crippen molar-refractivity contribution in [2.45, 2.75) is 30.6 Å². The second-order valence-corrected chi connectivity index (χ2v) is 7.46. The zero-order valence-corrected chi connectivity index (χ0v) is 14.3. The lowest BCUT2D eigenvalue weighted by Crippen LogP contribution is -2.33. The maximum Gasteiger partial charge on any atom is 0.293 e. The molecule has 0 radical (unpaired) electrons. The van der Waals surface area contributed by atoms with Gasteiger partial charge < -0.3 is 9.42 Å². The number of primary sulfonamides is 1. The number of aromatic nitrogens is 2. The van der Waals surface area contributed by atoms with Crippen molar-refractivity contribution in [3.05, 3.63) is 40.0 Å². The van der Waals surface area contributed by atoms with Gasteiger partial charge in [-0.05, 0) is 31.9 Å². The Morgan fingerprint density at radius 2 is 2.04 bits per heavy atom. The molecular formula is C14H17N5O5S. The Balaban J connectivity index is 1.82. The summed E-state index contributed by atoms with van der Waals surface area (Å²) in [7, 11) is -4.00. The Kier molecular flexibility index (Phi) is 4.43. The van der Waals surface area contributed by atoms with Gasteiger partial charge in [-0.25, -0.2) is 13.6 Å². The first-order valence-corrected chi connectivity index (χ1v) is 9.17. The highest BCUT2D eigenvalue weighted by atomic mass is 32.2. The molecule has 0 unspecified atom stereocenters. The number of hydrogen-bond acceptors (Lipinski definition) is 8. The topological polar surface area (TPSA) is 145 Å². The number of aryl methyl sites for hydroxylation is 1. The minimum absolute atomic E-state index is 0.111. The number of hydrogen-bond donors (Lipinski definition) is 1. The van der Waals surface area contributed by atoms with Crippen LogP contribution in [0, 0.1) is 17.0 Å². The van der Waals surface area contributed by atoms with Gasteiger partial charge >= 0.3 is 0 Å².